The highest BCUT2D eigenvalue weighted by Gasteiger charge is 2.44. The molecule has 3 rings (SSSR count). The van der Waals surface area contributed by atoms with Crippen LogP contribution in [0, 0.1) is 10.1 Å². The molecule has 0 bridgehead atoms. The lowest BCUT2D eigenvalue weighted by Gasteiger charge is -2.39. The molecule has 220 valence electrons. The quantitative estimate of drug-likeness (QED) is 0.103. The van der Waals surface area contributed by atoms with Crippen LogP contribution in [-0.2, 0) is 14.2 Å². The normalized spacial score (nSPS) is 23.0. The molecule has 5 atom stereocenters. The number of anilines is 1. The lowest BCUT2D eigenvalue weighted by molar-refractivity contribution is -0.384. The standard InChI is InChI=1S/C27H38N4O9/c1-2-30(21-10-6-19(7-11-21)28-29-20-8-12-22(13-9-20)31(36)37)14-17-38-15-4-3-5-16-39-26-24(33)23(18-32)40-27(35)25(26)34/h6-13,23-27,32-35H,2-5,14-18H2,1H3/b29-28+/t23?,24-,25?,26?,27-/m1/s1. The number of ether oxygens (including phenoxy) is 3. The summed E-state index contributed by atoms with van der Waals surface area (Å²) >= 11 is 0. The van der Waals surface area contributed by atoms with Gasteiger partial charge in [0.1, 0.15) is 24.4 Å². The lowest BCUT2D eigenvalue weighted by atomic mass is 9.99. The summed E-state index contributed by atoms with van der Waals surface area (Å²) in [6.07, 6.45) is -3.81. The Morgan fingerprint density at radius 2 is 1.55 bits per heavy atom. The van der Waals surface area contributed by atoms with Gasteiger partial charge in [-0.25, -0.2) is 0 Å². The van der Waals surface area contributed by atoms with Crippen molar-refractivity contribution in [2.75, 3.05) is 44.4 Å². The molecule has 2 aromatic carbocycles. The summed E-state index contributed by atoms with van der Waals surface area (Å²) in [5.74, 6) is 0. The van der Waals surface area contributed by atoms with Crippen LogP contribution in [0.1, 0.15) is 26.2 Å². The number of non-ortho nitro benzene ring substituents is 1. The van der Waals surface area contributed by atoms with Crippen LogP contribution in [0.25, 0.3) is 0 Å². The van der Waals surface area contributed by atoms with E-state index in [4.69, 9.17) is 14.2 Å². The first kappa shape index (κ1) is 31.5. The van der Waals surface area contributed by atoms with Gasteiger partial charge in [-0.05, 0) is 62.6 Å². The monoisotopic (exact) mass is 562 g/mol. The van der Waals surface area contributed by atoms with Gasteiger partial charge in [0.2, 0.25) is 0 Å². The van der Waals surface area contributed by atoms with Gasteiger partial charge in [0.05, 0.1) is 29.5 Å². The molecule has 2 aromatic rings. The molecule has 1 saturated heterocycles. The van der Waals surface area contributed by atoms with E-state index in [1.54, 1.807) is 12.1 Å². The minimum absolute atomic E-state index is 0.00563. The maximum atomic E-state index is 10.7. The molecule has 4 N–H and O–H groups in total. The Balaban J connectivity index is 1.31. The molecule has 13 nitrogen and oxygen atoms in total. The molecule has 40 heavy (non-hydrogen) atoms. The fraction of sp³-hybridized carbons (Fsp3) is 0.556. The van der Waals surface area contributed by atoms with Crippen molar-refractivity contribution in [1.29, 1.82) is 0 Å². The number of benzene rings is 2. The molecule has 1 aliphatic heterocycles. The third-order valence-electron chi connectivity index (χ3n) is 6.53. The Kier molecular flexibility index (Phi) is 12.8. The van der Waals surface area contributed by atoms with Crippen LogP contribution < -0.4 is 4.90 Å². The molecule has 1 aliphatic rings. The zero-order valence-electron chi connectivity index (χ0n) is 22.5. The van der Waals surface area contributed by atoms with Crippen LogP contribution in [0.4, 0.5) is 22.7 Å². The van der Waals surface area contributed by atoms with E-state index in [2.05, 4.69) is 22.1 Å². The van der Waals surface area contributed by atoms with Gasteiger partial charge in [0.25, 0.3) is 5.69 Å². The van der Waals surface area contributed by atoms with E-state index in [9.17, 15) is 30.5 Å². The maximum absolute atomic E-state index is 10.7. The average molecular weight is 563 g/mol. The molecule has 3 unspecified atom stereocenters. The highest BCUT2D eigenvalue weighted by Crippen LogP contribution is 2.24. The molecular formula is C27H38N4O9. The second-order valence-electron chi connectivity index (χ2n) is 9.31. The maximum Gasteiger partial charge on any atom is 0.269 e. The number of nitro groups is 1. The summed E-state index contributed by atoms with van der Waals surface area (Å²) in [4.78, 5) is 12.5. The smallest absolute Gasteiger partial charge is 0.269 e. The Bertz CT molecular complexity index is 1050. The van der Waals surface area contributed by atoms with Gasteiger partial charge < -0.3 is 39.5 Å². The van der Waals surface area contributed by atoms with E-state index in [-0.39, 0.29) is 12.3 Å². The van der Waals surface area contributed by atoms with Crippen molar-refractivity contribution < 1.29 is 39.6 Å². The Labute approximate surface area is 232 Å². The SMILES string of the molecule is CCN(CCOCCCCCOC1C(O)[C@H](O)OC(CO)[C@H]1O)c1ccc(/N=N/c2ccc([N+](=O)[O-])cc2)cc1. The van der Waals surface area contributed by atoms with Gasteiger partial charge in [-0.3, -0.25) is 10.1 Å². The van der Waals surface area contributed by atoms with Gasteiger partial charge in [0.15, 0.2) is 6.29 Å². The van der Waals surface area contributed by atoms with Gasteiger partial charge in [-0.15, -0.1) is 0 Å². The number of aliphatic hydroxyl groups excluding tert-OH is 4. The number of nitrogens with zero attached hydrogens (tertiary/aromatic N) is 4. The average Bonchev–Trinajstić information content (AvgIpc) is 2.97. The molecule has 1 fully saturated rings. The van der Waals surface area contributed by atoms with E-state index in [1.807, 2.05) is 24.3 Å². The Hall–Kier alpha value is -3.04. The van der Waals surface area contributed by atoms with E-state index < -0.39 is 42.2 Å². The van der Waals surface area contributed by atoms with Crippen molar-refractivity contribution in [2.45, 2.75) is 56.9 Å². The molecular weight excluding hydrogens is 524 g/mol. The van der Waals surface area contributed by atoms with Crippen LogP contribution in [0.15, 0.2) is 58.8 Å². The summed E-state index contributed by atoms with van der Waals surface area (Å²) in [5.41, 5.74) is 2.24. The van der Waals surface area contributed by atoms with Gasteiger partial charge in [0, 0.05) is 44.1 Å². The fourth-order valence-electron chi connectivity index (χ4n) is 4.20. The Morgan fingerprint density at radius 1 is 0.925 bits per heavy atom. The van der Waals surface area contributed by atoms with Crippen molar-refractivity contribution in [1.82, 2.24) is 0 Å². The van der Waals surface area contributed by atoms with Gasteiger partial charge in [-0.2, -0.15) is 10.2 Å². The van der Waals surface area contributed by atoms with Crippen molar-refractivity contribution in [2.24, 2.45) is 10.2 Å². The highest BCUT2D eigenvalue weighted by atomic mass is 16.6. The van der Waals surface area contributed by atoms with E-state index in [0.29, 0.717) is 31.0 Å². The number of unbranched alkanes of at least 4 members (excludes halogenated alkanes) is 2. The Morgan fingerprint density at radius 3 is 2.15 bits per heavy atom. The second kappa shape index (κ2) is 16.3. The molecule has 0 spiro atoms. The second-order valence-corrected chi connectivity index (χ2v) is 9.31. The minimum Gasteiger partial charge on any atom is -0.394 e. The zero-order valence-corrected chi connectivity index (χ0v) is 22.5. The van der Waals surface area contributed by atoms with Crippen LogP contribution >= 0.6 is 0 Å². The van der Waals surface area contributed by atoms with E-state index >= 15 is 0 Å². The highest BCUT2D eigenvalue weighted by molar-refractivity contribution is 5.53. The minimum atomic E-state index is -1.51. The van der Waals surface area contributed by atoms with Crippen LogP contribution in [0.5, 0.6) is 0 Å². The number of hydrogen-bond donors (Lipinski definition) is 4. The van der Waals surface area contributed by atoms with Crippen molar-refractivity contribution in [3.63, 3.8) is 0 Å². The summed E-state index contributed by atoms with van der Waals surface area (Å²) < 4.78 is 16.3. The number of rotatable bonds is 16. The number of likely N-dealkylation sites (N-methyl/N-ethyl adjacent to an activating group) is 1. The number of hydrogen-bond acceptors (Lipinski definition) is 12. The first-order valence-corrected chi connectivity index (χ1v) is 13.3. The largest absolute Gasteiger partial charge is 0.394 e. The summed E-state index contributed by atoms with van der Waals surface area (Å²) in [7, 11) is 0. The molecule has 0 saturated carbocycles. The van der Waals surface area contributed by atoms with Crippen LogP contribution in [-0.4, -0.2) is 95.6 Å². The van der Waals surface area contributed by atoms with Crippen molar-refractivity contribution in [3.8, 4) is 0 Å². The molecule has 0 aliphatic carbocycles. The third kappa shape index (κ3) is 9.27. The molecule has 0 radical (unpaired) electrons. The molecule has 1 heterocycles. The van der Waals surface area contributed by atoms with Crippen LogP contribution in [0.2, 0.25) is 0 Å². The molecule has 0 amide bonds. The first-order valence-electron chi connectivity index (χ1n) is 13.3. The van der Waals surface area contributed by atoms with Crippen molar-refractivity contribution in [3.05, 3.63) is 58.6 Å². The number of nitro benzene ring substituents is 1. The topological polar surface area (TPSA) is 180 Å². The first-order chi connectivity index (χ1) is 19.3. The van der Waals surface area contributed by atoms with Crippen LogP contribution in [0.3, 0.4) is 0 Å². The van der Waals surface area contributed by atoms with E-state index in [0.717, 1.165) is 31.6 Å². The third-order valence-corrected chi connectivity index (χ3v) is 6.53. The molecule has 0 aromatic heterocycles. The fourth-order valence-corrected chi connectivity index (χ4v) is 4.20. The number of azo groups is 1. The predicted molar refractivity (Wildman–Crippen MR) is 146 cm³/mol. The number of aliphatic hydroxyl groups is 4. The van der Waals surface area contributed by atoms with E-state index in [1.165, 1.54) is 12.1 Å². The predicted octanol–water partition coefficient (Wildman–Crippen LogP) is 2.84. The zero-order chi connectivity index (χ0) is 28.9. The molecule has 13 heteroatoms. The lowest BCUT2D eigenvalue weighted by Crippen LogP contribution is -2.59. The van der Waals surface area contributed by atoms with Crippen molar-refractivity contribution >= 4 is 22.7 Å². The van der Waals surface area contributed by atoms with Gasteiger partial charge in [-0.1, -0.05) is 0 Å². The van der Waals surface area contributed by atoms with Gasteiger partial charge >= 0.3 is 0 Å². The summed E-state index contributed by atoms with van der Waals surface area (Å²) in [6.45, 7) is 4.55. The summed E-state index contributed by atoms with van der Waals surface area (Å²) in [6, 6.07) is 13.5. The summed E-state index contributed by atoms with van der Waals surface area (Å²) in [5, 5.41) is 58.1.